The van der Waals surface area contributed by atoms with Crippen LogP contribution in [0.3, 0.4) is 0 Å². The number of carbonyl (C=O) groups excluding carboxylic acids is 2. The first-order valence-corrected chi connectivity index (χ1v) is 8.63. The summed E-state index contributed by atoms with van der Waals surface area (Å²) in [4.78, 5) is 31.3. The number of ether oxygens (including phenoxy) is 1. The van der Waals surface area contributed by atoms with E-state index in [1.54, 1.807) is 12.0 Å². The average Bonchev–Trinajstić information content (AvgIpc) is 3.10. The summed E-state index contributed by atoms with van der Waals surface area (Å²) < 4.78 is 5.28. The maximum Gasteiger partial charge on any atom is 0.247 e. The maximum atomic E-state index is 12.8. The van der Waals surface area contributed by atoms with Gasteiger partial charge in [-0.15, -0.1) is 0 Å². The van der Waals surface area contributed by atoms with Crippen LogP contribution >= 0.6 is 0 Å². The molecule has 3 heterocycles. The smallest absolute Gasteiger partial charge is 0.247 e. The summed E-state index contributed by atoms with van der Waals surface area (Å²) in [6.45, 7) is 3.57. The third-order valence-electron chi connectivity index (χ3n) is 5.39. The minimum atomic E-state index is -0.314. The highest BCUT2D eigenvalue weighted by Gasteiger charge is 2.49. The zero-order valence-corrected chi connectivity index (χ0v) is 14.0. The van der Waals surface area contributed by atoms with Crippen molar-refractivity contribution in [3.8, 4) is 5.75 Å². The van der Waals surface area contributed by atoms with E-state index in [-0.39, 0.29) is 23.9 Å². The molecule has 0 aliphatic carbocycles. The number of methoxy groups -OCH3 is 1. The van der Waals surface area contributed by atoms with Crippen molar-refractivity contribution in [2.75, 3.05) is 33.3 Å². The lowest BCUT2D eigenvalue weighted by atomic mass is 10.0. The third-order valence-corrected chi connectivity index (χ3v) is 5.39. The van der Waals surface area contributed by atoms with Crippen LogP contribution in [0.5, 0.6) is 5.75 Å². The Labute approximate surface area is 142 Å². The Bertz CT molecular complexity index is 663. The number of fused-ring (bicyclic) bond motifs is 2. The predicted molar refractivity (Wildman–Crippen MR) is 88.5 cm³/mol. The maximum absolute atomic E-state index is 12.8. The van der Waals surface area contributed by atoms with E-state index in [0.29, 0.717) is 13.1 Å². The lowest BCUT2D eigenvalue weighted by Gasteiger charge is -2.47. The van der Waals surface area contributed by atoms with E-state index in [0.717, 1.165) is 43.8 Å². The van der Waals surface area contributed by atoms with Gasteiger partial charge in [0.2, 0.25) is 11.8 Å². The summed E-state index contributed by atoms with van der Waals surface area (Å²) >= 11 is 0. The van der Waals surface area contributed by atoms with Crippen LogP contribution in [0, 0.1) is 0 Å². The molecule has 0 radical (unpaired) electrons. The topological polar surface area (TPSA) is 53.1 Å². The van der Waals surface area contributed by atoms with Gasteiger partial charge in [0.05, 0.1) is 7.11 Å². The van der Waals surface area contributed by atoms with Gasteiger partial charge < -0.3 is 14.5 Å². The number of benzene rings is 1. The molecule has 6 heteroatoms. The lowest BCUT2D eigenvalue weighted by molar-refractivity contribution is -0.163. The van der Waals surface area contributed by atoms with E-state index < -0.39 is 0 Å². The van der Waals surface area contributed by atoms with E-state index in [9.17, 15) is 9.59 Å². The van der Waals surface area contributed by atoms with E-state index in [2.05, 4.69) is 11.0 Å². The zero-order chi connectivity index (χ0) is 16.7. The second-order valence-corrected chi connectivity index (χ2v) is 6.82. The van der Waals surface area contributed by atoms with Gasteiger partial charge >= 0.3 is 0 Å². The minimum absolute atomic E-state index is 0.132. The zero-order valence-electron chi connectivity index (χ0n) is 14.0. The van der Waals surface area contributed by atoms with Gasteiger partial charge in [-0.05, 0) is 30.5 Å². The van der Waals surface area contributed by atoms with Gasteiger partial charge in [-0.1, -0.05) is 12.1 Å². The standard InChI is InChI=1S/C18H23N3O3/c1-24-14-5-2-4-13(10-14)11-19-8-9-21-16(12-19)18(23)20-7-3-6-15(20)17(21)22/h2,4-5,10,15-16H,3,6-9,11-12H2,1H3/t15-,16-/m1/s1. The molecular formula is C18H23N3O3. The largest absolute Gasteiger partial charge is 0.497 e. The van der Waals surface area contributed by atoms with Gasteiger partial charge in [0.15, 0.2) is 0 Å². The number of hydrogen-bond acceptors (Lipinski definition) is 4. The molecule has 1 aromatic carbocycles. The molecule has 3 aliphatic rings. The minimum Gasteiger partial charge on any atom is -0.497 e. The number of carbonyl (C=O) groups is 2. The highest BCUT2D eigenvalue weighted by molar-refractivity contribution is 5.97. The number of piperazine rings is 2. The first-order valence-electron chi connectivity index (χ1n) is 8.63. The summed E-state index contributed by atoms with van der Waals surface area (Å²) in [5.74, 6) is 1.13. The Morgan fingerprint density at radius 3 is 2.71 bits per heavy atom. The molecule has 0 spiro atoms. The van der Waals surface area contributed by atoms with Gasteiger partial charge in [0.25, 0.3) is 0 Å². The Morgan fingerprint density at radius 1 is 1.08 bits per heavy atom. The van der Waals surface area contributed by atoms with E-state index in [4.69, 9.17) is 4.74 Å². The lowest BCUT2D eigenvalue weighted by Crippen LogP contribution is -2.68. The molecular weight excluding hydrogens is 306 g/mol. The summed E-state index contributed by atoms with van der Waals surface area (Å²) in [6.07, 6.45) is 1.76. The first kappa shape index (κ1) is 15.4. The molecule has 24 heavy (non-hydrogen) atoms. The van der Waals surface area contributed by atoms with Gasteiger partial charge in [-0.2, -0.15) is 0 Å². The highest BCUT2D eigenvalue weighted by atomic mass is 16.5. The fourth-order valence-corrected chi connectivity index (χ4v) is 4.16. The van der Waals surface area contributed by atoms with Crippen molar-refractivity contribution in [2.24, 2.45) is 0 Å². The highest BCUT2D eigenvalue weighted by Crippen LogP contribution is 2.29. The van der Waals surface area contributed by atoms with Crippen molar-refractivity contribution >= 4 is 11.8 Å². The molecule has 1 aromatic rings. The first-order chi connectivity index (χ1) is 11.7. The van der Waals surface area contributed by atoms with E-state index >= 15 is 0 Å². The fourth-order valence-electron chi connectivity index (χ4n) is 4.16. The van der Waals surface area contributed by atoms with Crippen molar-refractivity contribution in [1.82, 2.24) is 14.7 Å². The predicted octanol–water partition coefficient (Wildman–Crippen LogP) is 0.713. The van der Waals surface area contributed by atoms with E-state index in [1.165, 1.54) is 0 Å². The van der Waals surface area contributed by atoms with E-state index in [1.807, 2.05) is 23.1 Å². The van der Waals surface area contributed by atoms with Crippen LogP contribution in [-0.4, -0.2) is 71.9 Å². The number of hydrogen-bond donors (Lipinski definition) is 0. The molecule has 6 nitrogen and oxygen atoms in total. The van der Waals surface area contributed by atoms with Crippen LogP contribution in [0.15, 0.2) is 24.3 Å². The average molecular weight is 329 g/mol. The molecule has 3 aliphatic heterocycles. The van der Waals surface area contributed by atoms with Crippen molar-refractivity contribution in [3.63, 3.8) is 0 Å². The van der Waals surface area contributed by atoms with Crippen LogP contribution in [0.2, 0.25) is 0 Å². The molecule has 0 bridgehead atoms. The van der Waals surface area contributed by atoms with Crippen molar-refractivity contribution in [2.45, 2.75) is 31.5 Å². The molecule has 0 N–H and O–H groups in total. The van der Waals surface area contributed by atoms with Crippen LogP contribution in [0.4, 0.5) is 0 Å². The molecule has 0 saturated carbocycles. The van der Waals surface area contributed by atoms with Gasteiger partial charge in [-0.3, -0.25) is 14.5 Å². The Morgan fingerprint density at radius 2 is 1.88 bits per heavy atom. The van der Waals surface area contributed by atoms with Crippen molar-refractivity contribution in [1.29, 1.82) is 0 Å². The summed E-state index contributed by atoms with van der Waals surface area (Å²) in [5, 5.41) is 0. The van der Waals surface area contributed by atoms with Crippen molar-refractivity contribution < 1.29 is 14.3 Å². The normalized spacial score (nSPS) is 27.2. The molecule has 0 unspecified atom stereocenters. The summed E-state index contributed by atoms with van der Waals surface area (Å²) in [7, 11) is 1.66. The fraction of sp³-hybridized carbons (Fsp3) is 0.556. The summed E-state index contributed by atoms with van der Waals surface area (Å²) in [5.41, 5.74) is 1.16. The third kappa shape index (κ3) is 2.55. The molecule has 3 saturated heterocycles. The quantitative estimate of drug-likeness (QED) is 0.820. The number of nitrogens with zero attached hydrogens (tertiary/aromatic N) is 3. The molecule has 4 rings (SSSR count). The summed E-state index contributed by atoms with van der Waals surface area (Å²) in [6, 6.07) is 7.49. The Kier molecular flexibility index (Phi) is 3.92. The second-order valence-electron chi connectivity index (χ2n) is 6.82. The molecule has 3 fully saturated rings. The second kappa shape index (κ2) is 6.09. The van der Waals surface area contributed by atoms with Gasteiger partial charge in [0.1, 0.15) is 17.8 Å². The monoisotopic (exact) mass is 329 g/mol. The Balaban J connectivity index is 1.48. The SMILES string of the molecule is COc1cccc(CN2CCN3C(=O)[C@H]4CCCN4C(=O)[C@H]3C2)c1. The van der Waals surface area contributed by atoms with Crippen LogP contribution in [0.1, 0.15) is 18.4 Å². The number of amides is 2. The molecule has 2 amide bonds. The Hall–Kier alpha value is -2.08. The molecule has 2 atom stereocenters. The van der Waals surface area contributed by atoms with Crippen LogP contribution in [0.25, 0.3) is 0 Å². The van der Waals surface area contributed by atoms with Gasteiger partial charge in [-0.25, -0.2) is 0 Å². The number of rotatable bonds is 3. The molecule has 128 valence electrons. The van der Waals surface area contributed by atoms with Crippen LogP contribution < -0.4 is 4.74 Å². The molecule has 0 aromatic heterocycles. The van der Waals surface area contributed by atoms with Crippen molar-refractivity contribution in [3.05, 3.63) is 29.8 Å². The van der Waals surface area contributed by atoms with Gasteiger partial charge in [0, 0.05) is 32.7 Å². The van der Waals surface area contributed by atoms with Crippen LogP contribution in [-0.2, 0) is 16.1 Å².